The Hall–Kier alpha value is 0.130. The van der Waals surface area contributed by atoms with Gasteiger partial charge in [-0.1, -0.05) is 24.4 Å². The highest BCUT2D eigenvalue weighted by atomic mass is 35.5. The molecule has 0 atom stereocenters. The number of halogens is 4. The van der Waals surface area contributed by atoms with Crippen molar-refractivity contribution in [2.45, 2.75) is 36.8 Å². The first-order chi connectivity index (χ1) is 6.37. The van der Waals surface area contributed by atoms with Crippen molar-refractivity contribution in [3.63, 3.8) is 0 Å². The Morgan fingerprint density at radius 2 is 1.86 bits per heavy atom. The molecule has 0 unspecified atom stereocenters. The summed E-state index contributed by atoms with van der Waals surface area (Å²) < 4.78 is 36.2. The van der Waals surface area contributed by atoms with Crippen molar-refractivity contribution in [3.05, 3.63) is 10.4 Å². The van der Waals surface area contributed by atoms with E-state index in [0.717, 1.165) is 18.4 Å². The molecule has 14 heavy (non-hydrogen) atoms. The summed E-state index contributed by atoms with van der Waals surface area (Å²) in [7, 11) is 0. The second-order valence-electron chi connectivity index (χ2n) is 3.26. The summed E-state index contributed by atoms with van der Waals surface area (Å²) in [5, 5.41) is 9.84. The third-order valence-corrected chi connectivity index (χ3v) is 3.51. The largest absolute Gasteiger partial charge is 0.446 e. The van der Waals surface area contributed by atoms with E-state index in [9.17, 15) is 18.3 Å². The van der Waals surface area contributed by atoms with E-state index in [2.05, 4.69) is 0 Å². The normalized spacial score (nSPS) is 22.8. The summed E-state index contributed by atoms with van der Waals surface area (Å²) in [5.41, 5.74) is -4.91. The molecule has 1 fully saturated rings. The molecule has 1 saturated carbocycles. The lowest BCUT2D eigenvalue weighted by atomic mass is 10.0. The SMILES string of the molecule is OC1(/C(=C\Cl)SC(F)(F)F)CCCC1. The Morgan fingerprint density at radius 3 is 2.21 bits per heavy atom. The maximum absolute atomic E-state index is 12.1. The van der Waals surface area contributed by atoms with Crippen molar-refractivity contribution in [3.8, 4) is 0 Å². The zero-order chi connectivity index (χ0) is 10.8. The van der Waals surface area contributed by atoms with E-state index >= 15 is 0 Å². The maximum Gasteiger partial charge on any atom is 0.446 e. The van der Waals surface area contributed by atoms with Crippen molar-refractivity contribution in [2.75, 3.05) is 0 Å². The molecule has 82 valence electrons. The predicted molar refractivity (Wildman–Crippen MR) is 51.0 cm³/mol. The highest BCUT2D eigenvalue weighted by Gasteiger charge is 2.41. The molecule has 0 aromatic carbocycles. The predicted octanol–water partition coefficient (Wildman–Crippen LogP) is 3.62. The van der Waals surface area contributed by atoms with E-state index < -0.39 is 11.1 Å². The standard InChI is InChI=1S/C8H10ClF3OS/c9-5-6(14-8(10,11)12)7(13)3-1-2-4-7/h5,13H,1-4H2/b6-5+. The van der Waals surface area contributed by atoms with Crippen LogP contribution < -0.4 is 0 Å². The van der Waals surface area contributed by atoms with Crippen LogP contribution >= 0.6 is 23.4 Å². The van der Waals surface area contributed by atoms with Crippen molar-refractivity contribution in [1.29, 1.82) is 0 Å². The fraction of sp³-hybridized carbons (Fsp3) is 0.750. The highest BCUT2D eigenvalue weighted by molar-refractivity contribution is 8.04. The second-order valence-corrected chi connectivity index (χ2v) is 4.58. The molecule has 0 saturated heterocycles. The Kier molecular flexibility index (Phi) is 3.77. The minimum Gasteiger partial charge on any atom is -0.385 e. The van der Waals surface area contributed by atoms with Crippen LogP contribution in [0.2, 0.25) is 0 Å². The molecule has 0 aromatic heterocycles. The molecule has 0 amide bonds. The molecule has 1 rings (SSSR count). The second kappa shape index (κ2) is 4.33. The van der Waals surface area contributed by atoms with Gasteiger partial charge in [-0.2, -0.15) is 13.2 Å². The van der Waals surface area contributed by atoms with Gasteiger partial charge >= 0.3 is 5.51 Å². The minimum atomic E-state index is -4.39. The van der Waals surface area contributed by atoms with Crippen molar-refractivity contribution in [1.82, 2.24) is 0 Å². The summed E-state index contributed by atoms with van der Waals surface area (Å²) in [6.07, 6.45) is 2.19. The lowest BCUT2D eigenvalue weighted by molar-refractivity contribution is -0.0332. The van der Waals surface area contributed by atoms with Crippen LogP contribution in [0.3, 0.4) is 0 Å². The first-order valence-corrected chi connectivity index (χ1v) is 5.42. The third kappa shape index (κ3) is 3.07. The lowest BCUT2D eigenvalue weighted by Crippen LogP contribution is -2.26. The van der Waals surface area contributed by atoms with E-state index in [1.807, 2.05) is 0 Å². The fourth-order valence-corrected chi connectivity index (χ4v) is 2.57. The van der Waals surface area contributed by atoms with Gasteiger partial charge in [0.1, 0.15) is 0 Å². The zero-order valence-corrected chi connectivity index (χ0v) is 8.85. The molecular formula is C8H10ClF3OS. The van der Waals surface area contributed by atoms with Crippen molar-refractivity contribution < 1.29 is 18.3 Å². The molecule has 0 bridgehead atoms. The summed E-state index contributed by atoms with van der Waals surface area (Å²) in [6, 6.07) is 0. The van der Waals surface area contributed by atoms with Crippen LogP contribution in [0.5, 0.6) is 0 Å². The Bertz CT molecular complexity index is 233. The molecular weight excluding hydrogens is 237 g/mol. The average molecular weight is 247 g/mol. The van der Waals surface area contributed by atoms with E-state index in [1.54, 1.807) is 0 Å². The lowest BCUT2D eigenvalue weighted by Gasteiger charge is -2.25. The minimum absolute atomic E-state index is 0.191. The topological polar surface area (TPSA) is 20.2 Å². The third-order valence-electron chi connectivity index (χ3n) is 2.21. The number of rotatable bonds is 2. The molecule has 6 heteroatoms. The number of hydrogen-bond donors (Lipinski definition) is 1. The van der Waals surface area contributed by atoms with Crippen LogP contribution in [0, 0.1) is 0 Å². The molecule has 1 N–H and O–H groups in total. The van der Waals surface area contributed by atoms with Gasteiger partial charge in [-0.25, -0.2) is 0 Å². The quantitative estimate of drug-likeness (QED) is 0.803. The number of hydrogen-bond acceptors (Lipinski definition) is 2. The first kappa shape index (κ1) is 12.2. The van der Waals surface area contributed by atoms with Crippen LogP contribution in [0.25, 0.3) is 0 Å². The van der Waals surface area contributed by atoms with Crippen LogP contribution in [0.15, 0.2) is 10.4 Å². The molecule has 0 radical (unpaired) electrons. The zero-order valence-electron chi connectivity index (χ0n) is 7.27. The Morgan fingerprint density at radius 1 is 1.36 bits per heavy atom. The van der Waals surface area contributed by atoms with E-state index in [-0.39, 0.29) is 16.7 Å². The van der Waals surface area contributed by atoms with Gasteiger partial charge in [-0.05, 0) is 24.6 Å². The molecule has 1 aliphatic carbocycles. The maximum atomic E-state index is 12.1. The fourth-order valence-electron chi connectivity index (χ4n) is 1.55. The van der Waals surface area contributed by atoms with Gasteiger partial charge in [0, 0.05) is 10.4 Å². The molecule has 1 nitrogen and oxygen atoms in total. The van der Waals surface area contributed by atoms with Crippen LogP contribution in [-0.2, 0) is 0 Å². The molecule has 0 aromatic rings. The Balaban J connectivity index is 2.72. The van der Waals surface area contributed by atoms with E-state index in [0.29, 0.717) is 12.8 Å². The Labute approximate surface area is 89.3 Å². The van der Waals surface area contributed by atoms with Gasteiger partial charge in [-0.15, -0.1) is 0 Å². The van der Waals surface area contributed by atoms with Crippen LogP contribution in [0.1, 0.15) is 25.7 Å². The van der Waals surface area contributed by atoms with Gasteiger partial charge < -0.3 is 5.11 Å². The van der Waals surface area contributed by atoms with Crippen molar-refractivity contribution in [2.24, 2.45) is 0 Å². The summed E-state index contributed by atoms with van der Waals surface area (Å²) in [6.45, 7) is 0. The molecule has 0 aliphatic heterocycles. The van der Waals surface area contributed by atoms with Gasteiger partial charge in [0.15, 0.2) is 0 Å². The average Bonchev–Trinajstić information content (AvgIpc) is 2.47. The van der Waals surface area contributed by atoms with Gasteiger partial charge in [0.25, 0.3) is 0 Å². The molecule has 0 heterocycles. The van der Waals surface area contributed by atoms with Crippen LogP contribution in [0.4, 0.5) is 13.2 Å². The summed E-state index contributed by atoms with van der Waals surface area (Å²) >= 11 is 4.98. The molecule has 0 spiro atoms. The van der Waals surface area contributed by atoms with Crippen molar-refractivity contribution >= 4 is 23.4 Å². The highest BCUT2D eigenvalue weighted by Crippen LogP contribution is 2.47. The van der Waals surface area contributed by atoms with Gasteiger partial charge in [-0.3, -0.25) is 0 Å². The van der Waals surface area contributed by atoms with Crippen LogP contribution in [-0.4, -0.2) is 16.2 Å². The van der Waals surface area contributed by atoms with Gasteiger partial charge in [0.2, 0.25) is 0 Å². The number of aliphatic hydroxyl groups is 1. The number of alkyl halides is 3. The van der Waals surface area contributed by atoms with E-state index in [1.165, 1.54) is 0 Å². The summed E-state index contributed by atoms with van der Waals surface area (Å²) in [4.78, 5) is -0.191. The first-order valence-electron chi connectivity index (χ1n) is 4.16. The monoisotopic (exact) mass is 246 g/mol. The van der Waals surface area contributed by atoms with E-state index in [4.69, 9.17) is 11.6 Å². The van der Waals surface area contributed by atoms with Gasteiger partial charge in [0.05, 0.1) is 5.60 Å². The number of thioether (sulfide) groups is 1. The smallest absolute Gasteiger partial charge is 0.385 e. The molecule has 1 aliphatic rings. The summed E-state index contributed by atoms with van der Waals surface area (Å²) in [5.74, 6) is 0.